The van der Waals surface area contributed by atoms with Gasteiger partial charge in [-0.2, -0.15) is 0 Å². The Morgan fingerprint density at radius 2 is 1.46 bits per heavy atom. The SMILES string of the molecule is O=C(O)c1cccc(N2C(=O)[C@H]3[C@H](CC=C4[C@H]3C[C@@]3(Cl)C(=O)N(c5c(F)c(F)c(F)c(F)c5F)C(=O)[C@@]3(Cl)[C@H]4c3ccc(O)cc3Cl)C2=O)c1. The first-order valence-electron chi connectivity index (χ1n) is 14.6. The zero-order valence-electron chi connectivity index (χ0n) is 24.7. The molecule has 0 aromatic heterocycles. The molecule has 2 N–H and O–H groups in total. The second-order valence-corrected chi connectivity index (χ2v) is 13.9. The number of phenols is 1. The average Bonchev–Trinajstić information content (AvgIpc) is 3.41. The topological polar surface area (TPSA) is 132 Å². The maximum absolute atomic E-state index is 15.2. The van der Waals surface area contributed by atoms with Crippen molar-refractivity contribution in [3.63, 3.8) is 0 Å². The molecule has 4 aliphatic rings. The van der Waals surface area contributed by atoms with Crippen molar-refractivity contribution < 1.29 is 56.1 Å². The van der Waals surface area contributed by atoms with E-state index in [1.807, 2.05) is 0 Å². The van der Waals surface area contributed by atoms with E-state index in [0.29, 0.717) is 0 Å². The molecule has 3 fully saturated rings. The molecule has 50 heavy (non-hydrogen) atoms. The number of carboxylic acids is 1. The predicted molar refractivity (Wildman–Crippen MR) is 165 cm³/mol. The van der Waals surface area contributed by atoms with Crippen LogP contribution in [0, 0.1) is 46.8 Å². The zero-order chi connectivity index (χ0) is 36.4. The van der Waals surface area contributed by atoms with E-state index in [9.17, 15) is 47.4 Å². The van der Waals surface area contributed by atoms with Crippen LogP contribution in [-0.4, -0.2) is 49.6 Å². The van der Waals surface area contributed by atoms with Crippen molar-refractivity contribution in [2.45, 2.75) is 28.5 Å². The van der Waals surface area contributed by atoms with Crippen LogP contribution in [0.15, 0.2) is 54.1 Å². The lowest BCUT2D eigenvalue weighted by molar-refractivity contribution is -0.125. The number of phenolic OH excluding ortho intramolecular Hbond substituents is 1. The van der Waals surface area contributed by atoms with Crippen LogP contribution < -0.4 is 9.80 Å². The number of allylic oxidation sites excluding steroid dienone is 2. The first-order chi connectivity index (χ1) is 23.5. The van der Waals surface area contributed by atoms with Crippen LogP contribution in [0.4, 0.5) is 33.3 Å². The van der Waals surface area contributed by atoms with Crippen LogP contribution in [0.3, 0.4) is 0 Å². The third kappa shape index (κ3) is 4.27. The van der Waals surface area contributed by atoms with Crippen LogP contribution in [0.25, 0.3) is 0 Å². The molecule has 4 amide bonds. The molecule has 258 valence electrons. The summed E-state index contributed by atoms with van der Waals surface area (Å²) >= 11 is 20.6. The number of fused-ring (bicyclic) bond motifs is 4. The molecule has 7 rings (SSSR count). The number of nitrogens with zero attached hydrogens (tertiary/aromatic N) is 2. The molecule has 2 saturated heterocycles. The number of carboxylic acid groups (broad SMARTS) is 1. The van der Waals surface area contributed by atoms with Crippen molar-refractivity contribution in [2.75, 3.05) is 9.80 Å². The zero-order valence-corrected chi connectivity index (χ0v) is 27.0. The van der Waals surface area contributed by atoms with Gasteiger partial charge < -0.3 is 10.2 Å². The van der Waals surface area contributed by atoms with E-state index >= 15 is 8.78 Å². The van der Waals surface area contributed by atoms with Gasteiger partial charge in [-0.3, -0.25) is 24.1 Å². The Balaban J connectivity index is 1.43. The van der Waals surface area contributed by atoms with Gasteiger partial charge in [0.1, 0.15) is 11.4 Å². The van der Waals surface area contributed by atoms with Gasteiger partial charge >= 0.3 is 5.97 Å². The Labute approximate surface area is 292 Å². The van der Waals surface area contributed by atoms with Crippen molar-refractivity contribution in [3.8, 4) is 5.75 Å². The van der Waals surface area contributed by atoms with E-state index in [1.54, 1.807) is 0 Å². The number of hydrogen-bond acceptors (Lipinski definition) is 6. The van der Waals surface area contributed by atoms with Gasteiger partial charge in [-0.25, -0.2) is 31.6 Å². The van der Waals surface area contributed by atoms with Crippen LogP contribution >= 0.6 is 34.8 Å². The highest BCUT2D eigenvalue weighted by atomic mass is 35.5. The fourth-order valence-electron chi connectivity index (χ4n) is 7.69. The van der Waals surface area contributed by atoms with Gasteiger partial charge in [0.05, 0.1) is 23.1 Å². The molecule has 6 atom stereocenters. The van der Waals surface area contributed by atoms with Gasteiger partial charge in [-0.05, 0) is 54.7 Å². The number of rotatable bonds is 4. The second-order valence-electron chi connectivity index (χ2n) is 12.3. The maximum Gasteiger partial charge on any atom is 0.335 e. The molecule has 17 heteroatoms. The molecule has 0 spiro atoms. The van der Waals surface area contributed by atoms with Crippen molar-refractivity contribution in [1.82, 2.24) is 0 Å². The van der Waals surface area contributed by atoms with Gasteiger partial charge in [0, 0.05) is 10.9 Å². The summed E-state index contributed by atoms with van der Waals surface area (Å²) in [4.78, 5) is 63.0. The van der Waals surface area contributed by atoms with E-state index < -0.39 is 104 Å². The molecule has 2 aliphatic heterocycles. The molecule has 2 aliphatic carbocycles. The third-order valence-corrected chi connectivity index (χ3v) is 11.6. The van der Waals surface area contributed by atoms with Crippen LogP contribution in [-0.2, 0) is 19.2 Å². The minimum atomic E-state index is -2.79. The van der Waals surface area contributed by atoms with E-state index in [4.69, 9.17) is 34.8 Å². The number of hydrogen-bond donors (Lipinski definition) is 2. The van der Waals surface area contributed by atoms with Gasteiger partial charge in [0.25, 0.3) is 11.8 Å². The molecule has 3 aromatic carbocycles. The Hall–Kier alpha value is -4.53. The van der Waals surface area contributed by atoms with E-state index in [2.05, 4.69) is 0 Å². The Morgan fingerprint density at radius 3 is 2.08 bits per heavy atom. The summed E-state index contributed by atoms with van der Waals surface area (Å²) in [5.74, 6) is -24.3. The van der Waals surface area contributed by atoms with E-state index in [0.717, 1.165) is 23.1 Å². The standard InChI is InChI=1S/C33H18Cl3F5N2O7/c34-18-9-13(44)4-5-15(18)20-14-6-7-16-19(28(46)42(27(16)45)12-3-1-2-11(8-12)29(47)48)17(14)10-32(35)30(49)43(31(50)33(20,32)36)26-24(40)22(38)21(37)23(39)25(26)41/h1-6,8-9,16-17,19-20,44H,7,10H2,(H,47,48)/t16-,17+,19-,20+,32+,33-/m0/s1. The third-order valence-electron chi connectivity index (χ3n) is 9.87. The summed E-state index contributed by atoms with van der Waals surface area (Å²) < 4.78 is 73.1. The summed E-state index contributed by atoms with van der Waals surface area (Å²) in [7, 11) is 0. The normalized spacial score (nSPS) is 28.8. The highest BCUT2D eigenvalue weighted by Crippen LogP contribution is 2.66. The Morgan fingerprint density at radius 1 is 0.820 bits per heavy atom. The summed E-state index contributed by atoms with van der Waals surface area (Å²) in [5, 5.41) is 19.3. The molecule has 9 nitrogen and oxygen atoms in total. The van der Waals surface area contributed by atoms with Crippen molar-refractivity contribution in [3.05, 3.63) is 99.3 Å². The molecule has 3 aromatic rings. The predicted octanol–water partition coefficient (Wildman–Crippen LogP) is 6.21. The molecule has 1 saturated carbocycles. The summed E-state index contributed by atoms with van der Waals surface area (Å²) in [6, 6.07) is 8.40. The quantitative estimate of drug-likeness (QED) is 0.0809. The highest BCUT2D eigenvalue weighted by molar-refractivity contribution is 6.58. The van der Waals surface area contributed by atoms with Crippen molar-refractivity contribution in [2.24, 2.45) is 17.8 Å². The number of alkyl halides is 2. The van der Waals surface area contributed by atoms with Crippen LogP contribution in [0.5, 0.6) is 5.75 Å². The number of aromatic hydroxyl groups is 1. The molecule has 0 bridgehead atoms. The smallest absolute Gasteiger partial charge is 0.335 e. The van der Waals surface area contributed by atoms with Crippen molar-refractivity contribution >= 4 is 75.8 Å². The van der Waals surface area contributed by atoms with Gasteiger partial charge in [0.15, 0.2) is 33.0 Å². The molecular weight excluding hydrogens is 738 g/mol. The fraction of sp³-hybridized carbons (Fsp3) is 0.242. The molecule has 0 radical (unpaired) electrons. The van der Waals surface area contributed by atoms with Crippen LogP contribution in [0.1, 0.15) is 34.7 Å². The molecule has 2 heterocycles. The van der Waals surface area contributed by atoms with Crippen molar-refractivity contribution in [1.29, 1.82) is 0 Å². The van der Waals surface area contributed by atoms with Gasteiger partial charge in [-0.1, -0.05) is 35.4 Å². The van der Waals surface area contributed by atoms with Gasteiger partial charge in [-0.15, -0.1) is 23.2 Å². The van der Waals surface area contributed by atoms with E-state index in [1.165, 1.54) is 30.3 Å². The lowest BCUT2D eigenvalue weighted by Crippen LogP contribution is -2.60. The lowest BCUT2D eigenvalue weighted by atomic mass is 9.56. The minimum Gasteiger partial charge on any atom is -0.508 e. The Bertz CT molecular complexity index is 2140. The van der Waals surface area contributed by atoms with Gasteiger partial charge in [0.2, 0.25) is 17.6 Å². The molecule has 0 unspecified atom stereocenters. The van der Waals surface area contributed by atoms with E-state index in [-0.39, 0.29) is 44.5 Å². The number of carbonyl (C=O) groups excluding carboxylic acids is 4. The number of anilines is 2. The lowest BCUT2D eigenvalue weighted by Gasteiger charge is -2.50. The maximum atomic E-state index is 15.2. The number of benzene rings is 3. The fourth-order valence-corrected chi connectivity index (χ4v) is 8.91. The monoisotopic (exact) mass is 754 g/mol. The number of halogens is 8. The first-order valence-corrected chi connectivity index (χ1v) is 15.8. The van der Waals surface area contributed by atoms with Crippen LogP contribution in [0.2, 0.25) is 5.02 Å². The highest BCUT2D eigenvalue weighted by Gasteiger charge is 2.77. The Kier molecular flexibility index (Phi) is 7.63. The number of aromatic carboxylic acids is 1. The second kappa shape index (κ2) is 11.2. The molecular formula is C33H18Cl3F5N2O7. The minimum absolute atomic E-state index is 0.0675. The number of amides is 4. The largest absolute Gasteiger partial charge is 0.508 e. The number of imide groups is 2. The number of carbonyl (C=O) groups is 5. The summed E-state index contributed by atoms with van der Waals surface area (Å²) in [5.41, 5.74) is -2.14. The first kappa shape index (κ1) is 33.9. The average molecular weight is 756 g/mol. The summed E-state index contributed by atoms with van der Waals surface area (Å²) in [6.07, 6.45) is 0.589. The summed E-state index contributed by atoms with van der Waals surface area (Å²) in [6.45, 7) is 0.